The number of aliphatic carboxylic acids is 1. The number of carboxylic acids is 1. The molecule has 1 rings (SSSR count). The summed E-state index contributed by atoms with van der Waals surface area (Å²) in [6, 6.07) is -0.0565. The summed E-state index contributed by atoms with van der Waals surface area (Å²) in [4.78, 5) is 24.2. The largest absolute Gasteiger partial charge is 0.481 e. The van der Waals surface area contributed by atoms with Gasteiger partial charge >= 0.3 is 12.0 Å². The van der Waals surface area contributed by atoms with Gasteiger partial charge in [0, 0.05) is 26.1 Å². The third-order valence-electron chi connectivity index (χ3n) is 3.66. The van der Waals surface area contributed by atoms with Gasteiger partial charge in [0.05, 0.1) is 13.2 Å². The lowest BCUT2D eigenvalue weighted by atomic mass is 9.92. The number of piperidine rings is 1. The first-order valence-electron chi connectivity index (χ1n) is 7.56. The molecule has 0 aromatic heterocycles. The molecule has 1 heterocycles. The normalized spacial score (nSPS) is 15.7. The molecule has 1 aliphatic rings. The van der Waals surface area contributed by atoms with Crippen LogP contribution in [0.3, 0.4) is 0 Å². The molecular weight excluding hydrogens is 272 g/mol. The lowest BCUT2D eigenvalue weighted by Gasteiger charge is -2.31. The number of amides is 2. The van der Waals surface area contributed by atoms with E-state index in [4.69, 9.17) is 9.84 Å². The quantitative estimate of drug-likeness (QED) is 0.503. The van der Waals surface area contributed by atoms with Gasteiger partial charge in [0.15, 0.2) is 0 Å². The number of likely N-dealkylation sites (tertiary alicyclic amines) is 1. The first kappa shape index (κ1) is 17.5. The van der Waals surface area contributed by atoms with Crippen LogP contribution in [0.25, 0.3) is 0 Å². The Balaban J connectivity index is 2.08. The summed E-state index contributed by atoms with van der Waals surface area (Å²) in [5, 5.41) is 11.5. The van der Waals surface area contributed by atoms with Crippen LogP contribution in [0.1, 0.15) is 32.1 Å². The zero-order chi connectivity index (χ0) is 15.5. The number of hydrogen-bond acceptors (Lipinski definition) is 3. The molecule has 0 radical (unpaired) electrons. The summed E-state index contributed by atoms with van der Waals surface area (Å²) in [5.74, 6) is -0.320. The summed E-state index contributed by atoms with van der Waals surface area (Å²) in [6.07, 6.45) is 5.32. The van der Waals surface area contributed by atoms with Gasteiger partial charge in [0.2, 0.25) is 0 Å². The topological polar surface area (TPSA) is 78.9 Å². The SMILES string of the molecule is C=CCCOCCNC(=O)N1CCC(CCC(=O)O)CC1. The van der Waals surface area contributed by atoms with E-state index >= 15 is 0 Å². The van der Waals surface area contributed by atoms with Crippen LogP contribution in [-0.2, 0) is 9.53 Å². The number of carboxylic acid groups (broad SMARTS) is 1. The highest BCUT2D eigenvalue weighted by molar-refractivity contribution is 5.74. The summed E-state index contributed by atoms with van der Waals surface area (Å²) in [7, 11) is 0. The maximum atomic E-state index is 11.9. The average molecular weight is 298 g/mol. The van der Waals surface area contributed by atoms with Gasteiger partial charge in [-0.15, -0.1) is 6.58 Å². The molecule has 0 aromatic rings. The molecule has 1 saturated heterocycles. The number of ether oxygens (including phenoxy) is 1. The second kappa shape index (κ2) is 10.2. The van der Waals surface area contributed by atoms with Gasteiger partial charge in [-0.2, -0.15) is 0 Å². The van der Waals surface area contributed by atoms with Crippen molar-refractivity contribution in [3.05, 3.63) is 12.7 Å². The Hall–Kier alpha value is -1.56. The molecule has 0 spiro atoms. The standard InChI is InChI=1S/C15H26N2O4/c1-2-3-11-21-12-8-16-15(20)17-9-6-13(7-10-17)4-5-14(18)19/h2,13H,1,3-12H2,(H,16,20)(H,18,19). The molecule has 0 aliphatic carbocycles. The number of hydrogen-bond donors (Lipinski definition) is 2. The minimum Gasteiger partial charge on any atom is -0.481 e. The van der Waals surface area contributed by atoms with E-state index in [-0.39, 0.29) is 12.5 Å². The summed E-state index contributed by atoms with van der Waals surface area (Å²) < 4.78 is 5.32. The van der Waals surface area contributed by atoms with Crippen molar-refractivity contribution >= 4 is 12.0 Å². The Morgan fingerprint density at radius 3 is 2.67 bits per heavy atom. The van der Waals surface area contributed by atoms with Crippen LogP contribution in [0.5, 0.6) is 0 Å². The van der Waals surface area contributed by atoms with E-state index in [2.05, 4.69) is 11.9 Å². The first-order chi connectivity index (χ1) is 10.1. The van der Waals surface area contributed by atoms with Crippen molar-refractivity contribution in [2.45, 2.75) is 32.1 Å². The van der Waals surface area contributed by atoms with Gasteiger partial charge in [-0.05, 0) is 31.6 Å². The van der Waals surface area contributed by atoms with Crippen molar-refractivity contribution in [3.63, 3.8) is 0 Å². The maximum Gasteiger partial charge on any atom is 0.317 e. The lowest BCUT2D eigenvalue weighted by molar-refractivity contribution is -0.137. The van der Waals surface area contributed by atoms with Crippen LogP contribution in [0, 0.1) is 5.92 Å². The van der Waals surface area contributed by atoms with Crippen LogP contribution >= 0.6 is 0 Å². The third kappa shape index (κ3) is 7.70. The average Bonchev–Trinajstić information content (AvgIpc) is 2.49. The van der Waals surface area contributed by atoms with Crippen molar-refractivity contribution in [1.82, 2.24) is 10.2 Å². The zero-order valence-corrected chi connectivity index (χ0v) is 12.6. The Morgan fingerprint density at radius 1 is 1.33 bits per heavy atom. The number of nitrogens with one attached hydrogen (secondary N) is 1. The van der Waals surface area contributed by atoms with Gasteiger partial charge in [-0.1, -0.05) is 6.08 Å². The second-order valence-electron chi connectivity index (χ2n) is 5.28. The molecule has 1 aliphatic heterocycles. The molecular formula is C15H26N2O4. The van der Waals surface area contributed by atoms with E-state index in [9.17, 15) is 9.59 Å². The van der Waals surface area contributed by atoms with Crippen LogP contribution in [0.15, 0.2) is 12.7 Å². The van der Waals surface area contributed by atoms with Gasteiger partial charge in [0.25, 0.3) is 0 Å². The predicted molar refractivity (Wildman–Crippen MR) is 80.2 cm³/mol. The predicted octanol–water partition coefficient (Wildman–Crippen LogP) is 1.87. The molecule has 0 unspecified atom stereocenters. The van der Waals surface area contributed by atoms with Gasteiger partial charge in [-0.3, -0.25) is 4.79 Å². The van der Waals surface area contributed by atoms with Crippen LogP contribution in [-0.4, -0.2) is 54.9 Å². The lowest BCUT2D eigenvalue weighted by Crippen LogP contribution is -2.45. The summed E-state index contributed by atoms with van der Waals surface area (Å²) in [5.41, 5.74) is 0. The highest BCUT2D eigenvalue weighted by Gasteiger charge is 2.22. The number of rotatable bonds is 9. The molecule has 2 amide bonds. The fraction of sp³-hybridized carbons (Fsp3) is 0.733. The van der Waals surface area contributed by atoms with E-state index in [1.807, 2.05) is 0 Å². The Kier molecular flexibility index (Phi) is 8.50. The van der Waals surface area contributed by atoms with Crippen molar-refractivity contribution in [2.24, 2.45) is 5.92 Å². The molecule has 6 heteroatoms. The highest BCUT2D eigenvalue weighted by atomic mass is 16.5. The van der Waals surface area contributed by atoms with Gasteiger partial charge in [0.1, 0.15) is 0 Å². The molecule has 21 heavy (non-hydrogen) atoms. The molecule has 0 atom stereocenters. The Bertz CT molecular complexity index is 339. The van der Waals surface area contributed by atoms with E-state index in [0.29, 0.717) is 45.2 Å². The maximum absolute atomic E-state index is 11.9. The van der Waals surface area contributed by atoms with Crippen molar-refractivity contribution < 1.29 is 19.4 Å². The number of carbonyl (C=O) groups is 2. The molecule has 120 valence electrons. The van der Waals surface area contributed by atoms with E-state index in [0.717, 1.165) is 19.3 Å². The van der Waals surface area contributed by atoms with Gasteiger partial charge in [-0.25, -0.2) is 4.79 Å². The summed E-state index contributed by atoms with van der Waals surface area (Å²) >= 11 is 0. The Labute approximate surface area is 126 Å². The van der Waals surface area contributed by atoms with Crippen LogP contribution < -0.4 is 5.32 Å². The molecule has 0 aromatic carbocycles. The van der Waals surface area contributed by atoms with Crippen molar-refractivity contribution in [1.29, 1.82) is 0 Å². The van der Waals surface area contributed by atoms with Crippen molar-refractivity contribution in [2.75, 3.05) is 32.8 Å². The highest BCUT2D eigenvalue weighted by Crippen LogP contribution is 2.21. The van der Waals surface area contributed by atoms with Crippen LogP contribution in [0.2, 0.25) is 0 Å². The minimum atomic E-state index is -0.744. The minimum absolute atomic E-state index is 0.0565. The van der Waals surface area contributed by atoms with Crippen molar-refractivity contribution in [3.8, 4) is 0 Å². The Morgan fingerprint density at radius 2 is 2.05 bits per heavy atom. The first-order valence-corrected chi connectivity index (χ1v) is 7.56. The molecule has 1 fully saturated rings. The third-order valence-corrected chi connectivity index (χ3v) is 3.66. The summed E-state index contributed by atoms with van der Waals surface area (Å²) in [6.45, 7) is 6.66. The molecule has 2 N–H and O–H groups in total. The zero-order valence-electron chi connectivity index (χ0n) is 12.6. The monoisotopic (exact) mass is 298 g/mol. The smallest absolute Gasteiger partial charge is 0.317 e. The fourth-order valence-corrected chi connectivity index (χ4v) is 2.36. The molecule has 6 nitrogen and oxygen atoms in total. The fourth-order valence-electron chi connectivity index (χ4n) is 2.36. The molecule has 0 bridgehead atoms. The number of carbonyl (C=O) groups excluding carboxylic acids is 1. The second-order valence-corrected chi connectivity index (χ2v) is 5.28. The van der Waals surface area contributed by atoms with Gasteiger partial charge < -0.3 is 20.1 Å². The van der Waals surface area contributed by atoms with E-state index in [1.165, 1.54) is 0 Å². The van der Waals surface area contributed by atoms with E-state index < -0.39 is 5.97 Å². The number of urea groups is 1. The molecule has 0 saturated carbocycles. The van der Waals surface area contributed by atoms with Crippen LogP contribution in [0.4, 0.5) is 4.79 Å². The number of nitrogens with zero attached hydrogens (tertiary/aromatic N) is 1. The van der Waals surface area contributed by atoms with E-state index in [1.54, 1.807) is 11.0 Å².